The predicted molar refractivity (Wildman–Crippen MR) is 40.9 cm³/mol. The molecule has 60 valence electrons. The van der Waals surface area contributed by atoms with E-state index in [0.29, 0.717) is 18.4 Å². The summed E-state index contributed by atoms with van der Waals surface area (Å²) in [5.74, 6) is 1.08. The molecule has 0 amide bonds. The molecule has 2 rings (SSSR count). The Morgan fingerprint density at radius 3 is 3.18 bits per heavy atom. The van der Waals surface area contributed by atoms with Crippen molar-refractivity contribution in [3.63, 3.8) is 0 Å². The van der Waals surface area contributed by atoms with E-state index >= 15 is 0 Å². The zero-order valence-corrected chi connectivity index (χ0v) is 6.62. The third-order valence-electron chi connectivity index (χ3n) is 2.55. The molecule has 1 heterocycles. The van der Waals surface area contributed by atoms with Crippen molar-refractivity contribution in [2.24, 2.45) is 17.8 Å². The fraction of sp³-hybridized carbons (Fsp3) is 0.667. The molecule has 0 aromatic heterocycles. The molecule has 0 saturated carbocycles. The highest BCUT2D eigenvalue weighted by Gasteiger charge is 2.37. The Balaban J connectivity index is 2.18. The average Bonchev–Trinajstić information content (AvgIpc) is 2.33. The number of cyclic esters (lactones) is 1. The number of carbonyl (C=O) groups is 1. The van der Waals surface area contributed by atoms with Crippen molar-refractivity contribution in [3.05, 3.63) is 12.2 Å². The minimum Gasteiger partial charge on any atom is -0.465 e. The molecule has 0 radical (unpaired) electrons. The van der Waals surface area contributed by atoms with Crippen LogP contribution in [-0.2, 0) is 9.53 Å². The van der Waals surface area contributed by atoms with Crippen molar-refractivity contribution in [2.45, 2.75) is 13.3 Å². The minimum absolute atomic E-state index is 0.00574. The van der Waals surface area contributed by atoms with Crippen LogP contribution < -0.4 is 0 Å². The van der Waals surface area contributed by atoms with Crippen LogP contribution in [0, 0.1) is 17.8 Å². The summed E-state index contributed by atoms with van der Waals surface area (Å²) in [5, 5.41) is 0. The van der Waals surface area contributed by atoms with Gasteiger partial charge in [0.25, 0.3) is 0 Å². The highest BCUT2D eigenvalue weighted by molar-refractivity contribution is 5.75. The lowest BCUT2D eigenvalue weighted by Crippen LogP contribution is -2.20. The molecule has 1 fully saturated rings. The topological polar surface area (TPSA) is 26.3 Å². The summed E-state index contributed by atoms with van der Waals surface area (Å²) in [6.07, 6.45) is 5.28. The summed E-state index contributed by atoms with van der Waals surface area (Å²) in [7, 11) is 0. The molecule has 1 aliphatic carbocycles. The van der Waals surface area contributed by atoms with E-state index < -0.39 is 0 Å². The summed E-state index contributed by atoms with van der Waals surface area (Å²) in [6, 6.07) is 0. The monoisotopic (exact) mass is 152 g/mol. The quantitative estimate of drug-likeness (QED) is 0.387. The number of fused-ring (bicyclic) bond motifs is 1. The predicted octanol–water partition coefficient (Wildman–Crippen LogP) is 1.37. The van der Waals surface area contributed by atoms with Crippen LogP contribution in [0.1, 0.15) is 13.3 Å². The van der Waals surface area contributed by atoms with E-state index in [1.54, 1.807) is 0 Å². The largest absolute Gasteiger partial charge is 0.465 e. The van der Waals surface area contributed by atoms with Gasteiger partial charge < -0.3 is 4.74 Å². The van der Waals surface area contributed by atoms with Gasteiger partial charge in [-0.15, -0.1) is 0 Å². The molecule has 0 aromatic rings. The lowest BCUT2D eigenvalue weighted by molar-refractivity contribution is -0.141. The smallest absolute Gasteiger partial charge is 0.309 e. The first kappa shape index (κ1) is 6.89. The minimum atomic E-state index is 0.00574. The Kier molecular flexibility index (Phi) is 1.48. The van der Waals surface area contributed by atoms with E-state index in [2.05, 4.69) is 19.1 Å². The summed E-state index contributed by atoms with van der Waals surface area (Å²) < 4.78 is 4.96. The van der Waals surface area contributed by atoms with Gasteiger partial charge in [0.05, 0.1) is 12.5 Å². The Bertz CT molecular complexity index is 208. The van der Waals surface area contributed by atoms with Crippen molar-refractivity contribution >= 4 is 5.97 Å². The second-order valence-electron chi connectivity index (χ2n) is 3.50. The maximum Gasteiger partial charge on any atom is 0.309 e. The second kappa shape index (κ2) is 2.36. The van der Waals surface area contributed by atoms with Gasteiger partial charge in [0, 0.05) is 5.92 Å². The van der Waals surface area contributed by atoms with Gasteiger partial charge in [-0.1, -0.05) is 19.1 Å². The van der Waals surface area contributed by atoms with Crippen molar-refractivity contribution in [2.75, 3.05) is 6.61 Å². The Morgan fingerprint density at radius 2 is 2.36 bits per heavy atom. The first-order valence-electron chi connectivity index (χ1n) is 4.12. The first-order valence-corrected chi connectivity index (χ1v) is 4.12. The third-order valence-corrected chi connectivity index (χ3v) is 2.55. The van der Waals surface area contributed by atoms with Crippen LogP contribution in [0.3, 0.4) is 0 Å². The molecule has 0 bridgehead atoms. The van der Waals surface area contributed by atoms with Crippen molar-refractivity contribution in [1.29, 1.82) is 0 Å². The van der Waals surface area contributed by atoms with Crippen LogP contribution >= 0.6 is 0 Å². The van der Waals surface area contributed by atoms with Crippen LogP contribution in [0.4, 0.5) is 0 Å². The number of carbonyl (C=O) groups excluding carboxylic acids is 1. The number of hydrogen-bond donors (Lipinski definition) is 0. The molecule has 0 aromatic carbocycles. The molecule has 2 heteroatoms. The Labute approximate surface area is 66.2 Å². The van der Waals surface area contributed by atoms with Crippen LogP contribution in [0.5, 0.6) is 0 Å². The van der Waals surface area contributed by atoms with Gasteiger partial charge in [-0.05, 0) is 12.3 Å². The highest BCUT2D eigenvalue weighted by Crippen LogP contribution is 2.33. The zero-order chi connectivity index (χ0) is 7.84. The summed E-state index contributed by atoms with van der Waals surface area (Å²) >= 11 is 0. The number of allylic oxidation sites excluding steroid dienone is 1. The standard InChI is InChI=1S/C9H12O2/c1-6-2-3-7-5-11-9(10)8(7)4-6/h2-3,6-8H,4-5H2,1H3/t6-,7-,8-/m0/s1. The average molecular weight is 152 g/mol. The van der Waals surface area contributed by atoms with Gasteiger partial charge in [-0.2, -0.15) is 0 Å². The number of esters is 1. The molecule has 3 atom stereocenters. The summed E-state index contributed by atoms with van der Waals surface area (Å²) in [5.41, 5.74) is 0. The Hall–Kier alpha value is -0.790. The van der Waals surface area contributed by atoms with Crippen LogP contribution in [0.15, 0.2) is 12.2 Å². The van der Waals surface area contributed by atoms with Gasteiger partial charge in [0.2, 0.25) is 0 Å². The van der Waals surface area contributed by atoms with Gasteiger partial charge in [0.1, 0.15) is 0 Å². The molecule has 11 heavy (non-hydrogen) atoms. The van der Waals surface area contributed by atoms with Crippen molar-refractivity contribution in [1.82, 2.24) is 0 Å². The van der Waals surface area contributed by atoms with Crippen LogP contribution in [0.25, 0.3) is 0 Å². The van der Waals surface area contributed by atoms with Crippen molar-refractivity contribution in [3.8, 4) is 0 Å². The second-order valence-corrected chi connectivity index (χ2v) is 3.50. The van der Waals surface area contributed by atoms with Gasteiger partial charge in [-0.25, -0.2) is 0 Å². The lowest BCUT2D eigenvalue weighted by atomic mass is 9.82. The van der Waals surface area contributed by atoms with E-state index in [1.165, 1.54) is 0 Å². The molecule has 0 unspecified atom stereocenters. The number of ether oxygens (including phenoxy) is 1. The SMILES string of the molecule is C[C@H]1C=C[C@H]2COC(=O)[C@H]2C1. The van der Waals surface area contributed by atoms with Crippen LogP contribution in [0.2, 0.25) is 0 Å². The fourth-order valence-corrected chi connectivity index (χ4v) is 1.85. The first-order chi connectivity index (χ1) is 5.27. The summed E-state index contributed by atoms with van der Waals surface area (Å²) in [4.78, 5) is 11.1. The number of hydrogen-bond acceptors (Lipinski definition) is 2. The van der Waals surface area contributed by atoms with E-state index in [1.807, 2.05) is 0 Å². The zero-order valence-electron chi connectivity index (χ0n) is 6.62. The van der Waals surface area contributed by atoms with E-state index in [9.17, 15) is 4.79 Å². The van der Waals surface area contributed by atoms with Crippen LogP contribution in [-0.4, -0.2) is 12.6 Å². The molecule has 2 nitrogen and oxygen atoms in total. The summed E-state index contributed by atoms with van der Waals surface area (Å²) in [6.45, 7) is 2.74. The maximum absolute atomic E-state index is 11.1. The molecule has 0 N–H and O–H groups in total. The lowest BCUT2D eigenvalue weighted by Gasteiger charge is -2.19. The normalized spacial score (nSPS) is 41.9. The van der Waals surface area contributed by atoms with Gasteiger partial charge in [-0.3, -0.25) is 4.79 Å². The molecule has 2 aliphatic rings. The molecular formula is C9H12O2. The molecule has 0 spiro atoms. The molecular weight excluding hydrogens is 140 g/mol. The van der Waals surface area contributed by atoms with Crippen molar-refractivity contribution < 1.29 is 9.53 Å². The Morgan fingerprint density at radius 1 is 1.55 bits per heavy atom. The van der Waals surface area contributed by atoms with E-state index in [0.717, 1.165) is 6.42 Å². The van der Waals surface area contributed by atoms with E-state index in [4.69, 9.17) is 4.74 Å². The highest BCUT2D eigenvalue weighted by atomic mass is 16.5. The maximum atomic E-state index is 11.1. The van der Waals surface area contributed by atoms with Gasteiger partial charge in [0.15, 0.2) is 0 Å². The van der Waals surface area contributed by atoms with E-state index in [-0.39, 0.29) is 11.9 Å². The molecule has 1 saturated heterocycles. The molecule has 1 aliphatic heterocycles. The third kappa shape index (κ3) is 1.06. The van der Waals surface area contributed by atoms with Gasteiger partial charge >= 0.3 is 5.97 Å². The number of rotatable bonds is 0. The fourth-order valence-electron chi connectivity index (χ4n) is 1.85.